The molecule has 0 spiro atoms. The standard InChI is InChI=1S/C25H26ClN5O2/c1-30-22-5-3-2-4-21(22)29-23(25(30)33)31-12-9-16(10-13-31)24(32)27-11-8-17-15-28-20-7-6-18(26)14-19(17)20/h2-7,14-16,28H,8-13H2,1H3,(H,27,32). The molecule has 1 aliphatic heterocycles. The molecule has 0 bridgehead atoms. The van der Waals surface area contributed by atoms with Gasteiger partial charge in [-0.3, -0.25) is 9.59 Å². The number of nitrogens with zero attached hydrogens (tertiary/aromatic N) is 3. The van der Waals surface area contributed by atoms with Crippen LogP contribution in [0.3, 0.4) is 0 Å². The van der Waals surface area contributed by atoms with Crippen LogP contribution in [0.4, 0.5) is 5.82 Å². The summed E-state index contributed by atoms with van der Waals surface area (Å²) in [6, 6.07) is 13.4. The highest BCUT2D eigenvalue weighted by atomic mass is 35.5. The maximum atomic E-state index is 12.8. The number of para-hydroxylation sites is 2. The van der Waals surface area contributed by atoms with Gasteiger partial charge in [0, 0.05) is 54.7 Å². The fraction of sp³-hybridized carbons (Fsp3) is 0.320. The molecule has 2 N–H and O–H groups in total. The number of halogens is 1. The first-order chi connectivity index (χ1) is 16.0. The molecule has 4 aromatic rings. The fourth-order valence-electron chi connectivity index (χ4n) is 4.65. The van der Waals surface area contributed by atoms with Crippen LogP contribution >= 0.6 is 11.6 Å². The zero-order chi connectivity index (χ0) is 22.9. The first-order valence-corrected chi connectivity index (χ1v) is 11.6. The molecule has 1 fully saturated rings. The van der Waals surface area contributed by atoms with E-state index >= 15 is 0 Å². The molecule has 2 aromatic heterocycles. The van der Waals surface area contributed by atoms with Crippen molar-refractivity contribution in [2.24, 2.45) is 13.0 Å². The van der Waals surface area contributed by atoms with E-state index in [2.05, 4.69) is 15.3 Å². The summed E-state index contributed by atoms with van der Waals surface area (Å²) in [6.45, 7) is 1.85. The van der Waals surface area contributed by atoms with Crippen LogP contribution in [0, 0.1) is 5.92 Å². The van der Waals surface area contributed by atoms with Crippen molar-refractivity contribution in [1.29, 1.82) is 0 Å². The van der Waals surface area contributed by atoms with Crippen molar-refractivity contribution in [2.75, 3.05) is 24.5 Å². The zero-order valence-corrected chi connectivity index (χ0v) is 19.2. The van der Waals surface area contributed by atoms with E-state index in [0.29, 0.717) is 43.3 Å². The van der Waals surface area contributed by atoms with Gasteiger partial charge in [0.1, 0.15) is 0 Å². The van der Waals surface area contributed by atoms with Crippen molar-refractivity contribution in [3.63, 3.8) is 0 Å². The number of amides is 1. The van der Waals surface area contributed by atoms with Crippen molar-refractivity contribution in [2.45, 2.75) is 19.3 Å². The lowest BCUT2D eigenvalue weighted by Gasteiger charge is -2.32. The third kappa shape index (κ3) is 4.20. The van der Waals surface area contributed by atoms with Gasteiger partial charge in [-0.05, 0) is 55.2 Å². The molecular formula is C25H26ClN5O2. The summed E-state index contributed by atoms with van der Waals surface area (Å²) in [5.41, 5.74) is 3.70. The summed E-state index contributed by atoms with van der Waals surface area (Å²) in [5.74, 6) is 0.489. The Bertz CT molecular complexity index is 1380. The van der Waals surface area contributed by atoms with Gasteiger partial charge in [0.15, 0.2) is 5.82 Å². The van der Waals surface area contributed by atoms with Crippen LogP contribution in [0.1, 0.15) is 18.4 Å². The number of fused-ring (bicyclic) bond motifs is 2. The van der Waals surface area contributed by atoms with E-state index in [9.17, 15) is 9.59 Å². The lowest BCUT2D eigenvalue weighted by atomic mass is 9.96. The van der Waals surface area contributed by atoms with E-state index in [-0.39, 0.29) is 17.4 Å². The number of hydrogen-bond donors (Lipinski definition) is 2. The molecular weight excluding hydrogens is 438 g/mol. The Morgan fingerprint density at radius 2 is 2.00 bits per heavy atom. The molecule has 0 unspecified atom stereocenters. The number of aromatic nitrogens is 3. The zero-order valence-electron chi connectivity index (χ0n) is 18.5. The summed E-state index contributed by atoms with van der Waals surface area (Å²) in [6.07, 6.45) is 4.11. The summed E-state index contributed by atoms with van der Waals surface area (Å²) in [5, 5.41) is 4.88. The van der Waals surface area contributed by atoms with Gasteiger partial charge < -0.3 is 19.8 Å². The van der Waals surface area contributed by atoms with Crippen LogP contribution in [0.25, 0.3) is 21.9 Å². The molecule has 1 amide bonds. The number of aryl methyl sites for hydroxylation is 1. The molecule has 1 saturated heterocycles. The lowest BCUT2D eigenvalue weighted by Crippen LogP contribution is -2.43. The van der Waals surface area contributed by atoms with Crippen LogP contribution in [0.2, 0.25) is 5.02 Å². The normalized spacial score (nSPS) is 14.8. The molecule has 0 radical (unpaired) electrons. The van der Waals surface area contributed by atoms with E-state index in [1.165, 1.54) is 0 Å². The van der Waals surface area contributed by atoms with Crippen molar-refractivity contribution in [1.82, 2.24) is 19.9 Å². The summed E-state index contributed by atoms with van der Waals surface area (Å²) >= 11 is 6.12. The van der Waals surface area contributed by atoms with Gasteiger partial charge in [-0.1, -0.05) is 23.7 Å². The molecule has 1 aliphatic rings. The van der Waals surface area contributed by atoms with Gasteiger partial charge in [0.25, 0.3) is 5.56 Å². The number of carbonyl (C=O) groups is 1. The van der Waals surface area contributed by atoms with E-state index in [1.807, 2.05) is 53.6 Å². The predicted octanol–water partition coefficient (Wildman–Crippen LogP) is 3.64. The highest BCUT2D eigenvalue weighted by molar-refractivity contribution is 6.31. The average molecular weight is 464 g/mol. The highest BCUT2D eigenvalue weighted by Gasteiger charge is 2.27. The van der Waals surface area contributed by atoms with E-state index in [0.717, 1.165) is 33.9 Å². The second kappa shape index (κ2) is 8.90. The monoisotopic (exact) mass is 463 g/mol. The van der Waals surface area contributed by atoms with Gasteiger partial charge in [-0.25, -0.2) is 4.98 Å². The van der Waals surface area contributed by atoms with Gasteiger partial charge in [0.2, 0.25) is 5.91 Å². The molecule has 0 atom stereocenters. The highest BCUT2D eigenvalue weighted by Crippen LogP contribution is 2.24. The predicted molar refractivity (Wildman–Crippen MR) is 132 cm³/mol. The Labute approximate surface area is 196 Å². The Morgan fingerprint density at radius 3 is 2.82 bits per heavy atom. The quantitative estimate of drug-likeness (QED) is 0.473. The third-order valence-corrected chi connectivity index (χ3v) is 6.79. The van der Waals surface area contributed by atoms with Crippen LogP contribution < -0.4 is 15.8 Å². The maximum absolute atomic E-state index is 12.8. The number of anilines is 1. The average Bonchev–Trinajstić information content (AvgIpc) is 3.23. The number of hydrogen-bond acceptors (Lipinski definition) is 4. The van der Waals surface area contributed by atoms with Gasteiger partial charge in [0.05, 0.1) is 11.0 Å². The molecule has 33 heavy (non-hydrogen) atoms. The van der Waals surface area contributed by atoms with Gasteiger partial charge in [-0.2, -0.15) is 0 Å². The second-order valence-corrected chi connectivity index (χ2v) is 9.03. The van der Waals surface area contributed by atoms with E-state index in [4.69, 9.17) is 11.6 Å². The maximum Gasteiger partial charge on any atom is 0.293 e. The Kier molecular flexibility index (Phi) is 5.81. The first kappa shape index (κ1) is 21.5. The Hall–Kier alpha value is -3.32. The van der Waals surface area contributed by atoms with Crippen LogP contribution in [-0.2, 0) is 18.3 Å². The van der Waals surface area contributed by atoms with Crippen molar-refractivity contribution in [3.05, 3.63) is 69.6 Å². The number of benzene rings is 2. The SMILES string of the molecule is Cn1c(=O)c(N2CCC(C(=O)NCCc3c[nH]c4ccc(Cl)cc34)CC2)nc2ccccc21. The summed E-state index contributed by atoms with van der Waals surface area (Å²) < 4.78 is 1.65. The molecule has 8 heteroatoms. The minimum atomic E-state index is -0.101. The van der Waals surface area contributed by atoms with Crippen LogP contribution in [0.5, 0.6) is 0 Å². The van der Waals surface area contributed by atoms with E-state index in [1.54, 1.807) is 11.6 Å². The smallest absolute Gasteiger partial charge is 0.293 e. The van der Waals surface area contributed by atoms with Crippen LogP contribution in [-0.4, -0.2) is 40.1 Å². The Balaban J connectivity index is 1.18. The van der Waals surface area contributed by atoms with Crippen LogP contribution in [0.15, 0.2) is 53.5 Å². The van der Waals surface area contributed by atoms with Crippen molar-refractivity contribution in [3.8, 4) is 0 Å². The van der Waals surface area contributed by atoms with Gasteiger partial charge in [-0.15, -0.1) is 0 Å². The molecule has 170 valence electrons. The van der Waals surface area contributed by atoms with E-state index < -0.39 is 0 Å². The second-order valence-electron chi connectivity index (χ2n) is 8.59. The number of aromatic amines is 1. The fourth-order valence-corrected chi connectivity index (χ4v) is 4.82. The summed E-state index contributed by atoms with van der Waals surface area (Å²) in [4.78, 5) is 35.5. The van der Waals surface area contributed by atoms with Crippen molar-refractivity contribution < 1.29 is 4.79 Å². The molecule has 2 aromatic carbocycles. The minimum Gasteiger partial charge on any atom is -0.361 e. The molecule has 0 saturated carbocycles. The topological polar surface area (TPSA) is 83.0 Å². The number of rotatable bonds is 5. The lowest BCUT2D eigenvalue weighted by molar-refractivity contribution is -0.125. The van der Waals surface area contributed by atoms with Crippen molar-refractivity contribution >= 4 is 45.3 Å². The third-order valence-electron chi connectivity index (χ3n) is 6.55. The Morgan fingerprint density at radius 1 is 1.21 bits per heavy atom. The molecule has 3 heterocycles. The minimum absolute atomic E-state index is 0.0528. The molecule has 7 nitrogen and oxygen atoms in total. The number of H-pyrrole nitrogens is 1. The number of piperidine rings is 1. The summed E-state index contributed by atoms with van der Waals surface area (Å²) in [7, 11) is 1.78. The first-order valence-electron chi connectivity index (χ1n) is 11.2. The number of carbonyl (C=O) groups excluding carboxylic acids is 1. The molecule has 5 rings (SSSR count). The number of nitrogens with one attached hydrogen (secondary N) is 2. The largest absolute Gasteiger partial charge is 0.361 e. The van der Waals surface area contributed by atoms with Gasteiger partial charge >= 0.3 is 0 Å². The molecule has 0 aliphatic carbocycles.